The summed E-state index contributed by atoms with van der Waals surface area (Å²) in [4.78, 5) is 11.5. The molecular weight excluding hydrogens is 178 g/mol. The van der Waals surface area contributed by atoms with E-state index in [0.29, 0.717) is 12.8 Å². The molecule has 0 spiro atoms. The van der Waals surface area contributed by atoms with E-state index in [1.54, 1.807) is 4.68 Å². The number of carbonyl (C=O) groups excluding carboxylic acids is 1. The molecule has 0 amide bonds. The van der Waals surface area contributed by atoms with E-state index < -0.39 is 0 Å². The molecule has 1 aromatic heterocycles. The van der Waals surface area contributed by atoms with Crippen LogP contribution in [0.4, 0.5) is 0 Å². The molecule has 0 radical (unpaired) electrons. The molecule has 2 N–H and O–H groups in total. The smallest absolute Gasteiger partial charge is 0.140 e. The average molecular weight is 195 g/mol. The van der Waals surface area contributed by atoms with Crippen LogP contribution in [0, 0.1) is 0 Å². The number of Topliss-reactive ketones (excluding diaryl/α,β-unsaturated/α-hetero) is 1. The lowest BCUT2D eigenvalue weighted by molar-refractivity contribution is -0.118. The number of nitrogens with zero attached hydrogens (tertiary/aromatic N) is 2. The van der Waals surface area contributed by atoms with Gasteiger partial charge in [-0.15, -0.1) is 0 Å². The molecule has 1 rings (SSSR count). The van der Waals surface area contributed by atoms with E-state index in [2.05, 4.69) is 5.10 Å². The van der Waals surface area contributed by atoms with Crippen molar-refractivity contribution in [1.29, 1.82) is 0 Å². The third-order valence-corrected chi connectivity index (χ3v) is 2.16. The van der Waals surface area contributed by atoms with Gasteiger partial charge in [0.05, 0.1) is 12.1 Å². The quantitative estimate of drug-likeness (QED) is 0.750. The van der Waals surface area contributed by atoms with Gasteiger partial charge in [0.15, 0.2) is 0 Å². The van der Waals surface area contributed by atoms with Crippen LogP contribution < -0.4 is 5.73 Å². The predicted octanol–water partition coefficient (Wildman–Crippen LogP) is 0.659. The Bertz CT molecular complexity index is 306. The van der Waals surface area contributed by atoms with Crippen LogP contribution in [-0.4, -0.2) is 21.6 Å². The van der Waals surface area contributed by atoms with Gasteiger partial charge in [0.2, 0.25) is 0 Å². The summed E-state index contributed by atoms with van der Waals surface area (Å²) < 4.78 is 1.70. The lowest BCUT2D eigenvalue weighted by Gasteiger charge is -2.05. The van der Waals surface area contributed by atoms with E-state index in [1.807, 2.05) is 26.2 Å². The molecule has 78 valence electrons. The number of aromatic nitrogens is 2. The molecule has 0 aliphatic heterocycles. The largest absolute Gasteiger partial charge is 0.327 e. The number of rotatable bonds is 5. The normalized spacial score (nSPS) is 12.8. The summed E-state index contributed by atoms with van der Waals surface area (Å²) in [6, 6.07) is 1.85. The molecule has 1 unspecified atom stereocenters. The van der Waals surface area contributed by atoms with E-state index in [9.17, 15) is 4.79 Å². The van der Waals surface area contributed by atoms with Gasteiger partial charge in [-0.1, -0.05) is 6.92 Å². The number of hydrogen-bond donors (Lipinski definition) is 1. The highest BCUT2D eigenvalue weighted by Crippen LogP contribution is 2.01. The van der Waals surface area contributed by atoms with Gasteiger partial charge in [-0.05, 0) is 12.5 Å². The molecule has 14 heavy (non-hydrogen) atoms. The highest BCUT2D eigenvalue weighted by Gasteiger charge is 2.09. The second-order valence-corrected chi connectivity index (χ2v) is 3.57. The Morgan fingerprint density at radius 1 is 1.71 bits per heavy atom. The van der Waals surface area contributed by atoms with Crippen LogP contribution in [0.2, 0.25) is 0 Å². The molecule has 0 bridgehead atoms. The first kappa shape index (κ1) is 10.9. The fourth-order valence-electron chi connectivity index (χ4n) is 1.27. The Balaban J connectivity index is 2.41. The third-order valence-electron chi connectivity index (χ3n) is 2.16. The van der Waals surface area contributed by atoms with Gasteiger partial charge in [-0.25, -0.2) is 0 Å². The van der Waals surface area contributed by atoms with Crippen LogP contribution in [0.3, 0.4) is 0 Å². The maximum atomic E-state index is 11.5. The Kier molecular flexibility index (Phi) is 3.83. The van der Waals surface area contributed by atoms with Gasteiger partial charge >= 0.3 is 0 Å². The minimum atomic E-state index is -0.00814. The molecule has 4 heteroatoms. The van der Waals surface area contributed by atoms with E-state index in [1.165, 1.54) is 0 Å². The van der Waals surface area contributed by atoms with Gasteiger partial charge < -0.3 is 5.73 Å². The maximum absolute atomic E-state index is 11.5. The molecule has 0 aliphatic carbocycles. The van der Waals surface area contributed by atoms with Crippen molar-refractivity contribution in [2.75, 3.05) is 0 Å². The molecule has 0 aliphatic rings. The van der Waals surface area contributed by atoms with Gasteiger partial charge in [-0.2, -0.15) is 5.10 Å². The zero-order valence-corrected chi connectivity index (χ0v) is 8.73. The Morgan fingerprint density at radius 3 is 2.93 bits per heavy atom. The van der Waals surface area contributed by atoms with Gasteiger partial charge in [-0.3, -0.25) is 9.48 Å². The van der Waals surface area contributed by atoms with Crippen molar-refractivity contribution >= 4 is 5.78 Å². The summed E-state index contributed by atoms with van der Waals surface area (Å²) in [5.41, 5.74) is 6.51. The lowest BCUT2D eigenvalue weighted by Crippen LogP contribution is -2.23. The number of hydrogen-bond acceptors (Lipinski definition) is 3. The maximum Gasteiger partial charge on any atom is 0.140 e. The first-order valence-corrected chi connectivity index (χ1v) is 4.87. The highest BCUT2D eigenvalue weighted by molar-refractivity contribution is 5.80. The Labute approximate surface area is 84.1 Å². The van der Waals surface area contributed by atoms with Crippen LogP contribution in [0.25, 0.3) is 0 Å². The van der Waals surface area contributed by atoms with E-state index in [0.717, 1.165) is 12.1 Å². The summed E-state index contributed by atoms with van der Waals surface area (Å²) in [5.74, 6) is 0.165. The fraction of sp³-hybridized carbons (Fsp3) is 0.600. The predicted molar refractivity (Wildman–Crippen MR) is 54.8 cm³/mol. The van der Waals surface area contributed by atoms with Crippen molar-refractivity contribution in [3.8, 4) is 0 Å². The third kappa shape index (κ3) is 3.30. The number of ketones is 1. The number of nitrogens with two attached hydrogens (primary N) is 1. The second kappa shape index (κ2) is 4.91. The van der Waals surface area contributed by atoms with Crippen molar-refractivity contribution in [2.45, 2.75) is 32.2 Å². The Hall–Kier alpha value is -1.16. The molecule has 0 saturated carbocycles. The first-order chi connectivity index (χ1) is 6.61. The van der Waals surface area contributed by atoms with Gasteiger partial charge in [0.1, 0.15) is 5.78 Å². The first-order valence-electron chi connectivity index (χ1n) is 4.87. The van der Waals surface area contributed by atoms with Crippen LogP contribution in [-0.2, 0) is 18.3 Å². The van der Waals surface area contributed by atoms with Crippen LogP contribution in [0.15, 0.2) is 12.3 Å². The van der Waals surface area contributed by atoms with E-state index >= 15 is 0 Å². The number of aryl methyl sites for hydroxylation is 1. The van der Waals surface area contributed by atoms with Crippen molar-refractivity contribution in [3.63, 3.8) is 0 Å². The SMILES string of the molecule is CCC(N)CC(=O)Cc1ccn(C)n1. The summed E-state index contributed by atoms with van der Waals surface area (Å²) in [7, 11) is 1.84. The highest BCUT2D eigenvalue weighted by atomic mass is 16.1. The van der Waals surface area contributed by atoms with Crippen LogP contribution in [0.1, 0.15) is 25.5 Å². The second-order valence-electron chi connectivity index (χ2n) is 3.57. The topological polar surface area (TPSA) is 60.9 Å². The molecule has 0 saturated heterocycles. The molecule has 1 atom stereocenters. The molecule has 0 fully saturated rings. The van der Waals surface area contributed by atoms with Crippen molar-refractivity contribution in [1.82, 2.24) is 9.78 Å². The summed E-state index contributed by atoms with van der Waals surface area (Å²) in [6.07, 6.45) is 3.53. The van der Waals surface area contributed by atoms with E-state index in [-0.39, 0.29) is 11.8 Å². The van der Waals surface area contributed by atoms with Crippen molar-refractivity contribution in [2.24, 2.45) is 12.8 Å². The van der Waals surface area contributed by atoms with Gasteiger partial charge in [0.25, 0.3) is 0 Å². The zero-order valence-electron chi connectivity index (χ0n) is 8.73. The fourth-order valence-corrected chi connectivity index (χ4v) is 1.27. The molecule has 0 aromatic carbocycles. The standard InChI is InChI=1S/C10H17N3O/c1-3-8(11)6-10(14)7-9-4-5-13(2)12-9/h4-5,8H,3,6-7,11H2,1-2H3. The summed E-state index contributed by atoms with van der Waals surface area (Å²) in [6.45, 7) is 1.98. The molecule has 1 heterocycles. The van der Waals surface area contributed by atoms with Gasteiger partial charge in [0, 0.05) is 25.7 Å². The van der Waals surface area contributed by atoms with E-state index in [4.69, 9.17) is 5.73 Å². The minimum Gasteiger partial charge on any atom is -0.327 e. The zero-order chi connectivity index (χ0) is 10.6. The lowest BCUT2D eigenvalue weighted by atomic mass is 10.1. The Morgan fingerprint density at radius 2 is 2.43 bits per heavy atom. The summed E-state index contributed by atoms with van der Waals surface area (Å²) >= 11 is 0. The van der Waals surface area contributed by atoms with Crippen molar-refractivity contribution < 1.29 is 4.79 Å². The van der Waals surface area contributed by atoms with Crippen LogP contribution >= 0.6 is 0 Å². The minimum absolute atomic E-state index is 0.00814. The monoisotopic (exact) mass is 195 g/mol. The van der Waals surface area contributed by atoms with Crippen LogP contribution in [0.5, 0.6) is 0 Å². The molecule has 4 nitrogen and oxygen atoms in total. The molecule has 1 aromatic rings. The summed E-state index contributed by atoms with van der Waals surface area (Å²) in [5, 5.41) is 4.14. The number of carbonyl (C=O) groups is 1. The molecular formula is C10H17N3O. The average Bonchev–Trinajstić information content (AvgIpc) is 2.50. The van der Waals surface area contributed by atoms with Crippen molar-refractivity contribution in [3.05, 3.63) is 18.0 Å².